The second kappa shape index (κ2) is 7.96. The van der Waals surface area contributed by atoms with Crippen molar-refractivity contribution in [2.45, 2.75) is 57.9 Å². The van der Waals surface area contributed by atoms with Crippen molar-refractivity contribution in [3.8, 4) is 0 Å². The molecule has 0 aromatic rings. The molecule has 1 saturated heterocycles. The van der Waals surface area contributed by atoms with Crippen LogP contribution in [0.25, 0.3) is 0 Å². The number of allylic oxidation sites excluding steroid dienone is 1. The summed E-state index contributed by atoms with van der Waals surface area (Å²) in [7, 11) is 0. The highest BCUT2D eigenvalue weighted by molar-refractivity contribution is 4.96. The summed E-state index contributed by atoms with van der Waals surface area (Å²) in [5.41, 5.74) is 0. The normalized spacial score (nSPS) is 28.9. The highest BCUT2D eigenvalue weighted by Gasteiger charge is 2.20. The van der Waals surface area contributed by atoms with E-state index in [0.29, 0.717) is 6.04 Å². The van der Waals surface area contributed by atoms with Crippen molar-refractivity contribution in [2.75, 3.05) is 26.2 Å². The largest absolute Gasteiger partial charge is 0.317 e. The molecule has 1 N–H and O–H groups in total. The second-order valence-corrected chi connectivity index (χ2v) is 5.91. The van der Waals surface area contributed by atoms with Crippen molar-refractivity contribution in [1.29, 1.82) is 0 Å². The van der Waals surface area contributed by atoms with Gasteiger partial charge >= 0.3 is 0 Å². The highest BCUT2D eigenvalue weighted by atomic mass is 15.1. The summed E-state index contributed by atoms with van der Waals surface area (Å²) in [5, 5.41) is 3.47. The predicted molar refractivity (Wildman–Crippen MR) is 78.9 cm³/mol. The molecule has 2 heteroatoms. The fourth-order valence-electron chi connectivity index (χ4n) is 3.34. The predicted octanol–water partition coefficient (Wildman–Crippen LogP) is 3.20. The van der Waals surface area contributed by atoms with Crippen LogP contribution in [0.1, 0.15) is 51.9 Å². The average molecular weight is 250 g/mol. The zero-order chi connectivity index (χ0) is 12.6. The number of piperidine rings is 1. The third kappa shape index (κ3) is 4.40. The Hall–Kier alpha value is -0.340. The van der Waals surface area contributed by atoms with Crippen LogP contribution >= 0.6 is 0 Å². The lowest BCUT2D eigenvalue weighted by Crippen LogP contribution is -2.41. The van der Waals surface area contributed by atoms with Gasteiger partial charge in [0.25, 0.3) is 0 Å². The Bertz CT molecular complexity index is 243. The maximum atomic E-state index is 3.47. The molecule has 2 nitrogen and oxygen atoms in total. The third-order valence-electron chi connectivity index (χ3n) is 4.56. The van der Waals surface area contributed by atoms with Crippen molar-refractivity contribution in [3.05, 3.63) is 12.2 Å². The monoisotopic (exact) mass is 250 g/mol. The minimum Gasteiger partial charge on any atom is -0.317 e. The van der Waals surface area contributed by atoms with E-state index in [4.69, 9.17) is 0 Å². The molecule has 0 bridgehead atoms. The Morgan fingerprint density at radius 3 is 2.72 bits per heavy atom. The zero-order valence-corrected chi connectivity index (χ0v) is 12.0. The van der Waals surface area contributed by atoms with Gasteiger partial charge in [-0.15, -0.1) is 0 Å². The second-order valence-electron chi connectivity index (χ2n) is 5.91. The maximum absolute atomic E-state index is 3.47. The molecule has 0 spiro atoms. The lowest BCUT2D eigenvalue weighted by Gasteiger charge is -2.34. The van der Waals surface area contributed by atoms with Crippen LogP contribution in [0.5, 0.6) is 0 Å². The lowest BCUT2D eigenvalue weighted by molar-refractivity contribution is 0.173. The van der Waals surface area contributed by atoms with Crippen molar-refractivity contribution >= 4 is 0 Å². The van der Waals surface area contributed by atoms with Gasteiger partial charge in [0, 0.05) is 12.6 Å². The van der Waals surface area contributed by atoms with Gasteiger partial charge < -0.3 is 5.32 Å². The van der Waals surface area contributed by atoms with Crippen molar-refractivity contribution in [2.24, 2.45) is 5.92 Å². The van der Waals surface area contributed by atoms with Crippen LogP contribution in [0.3, 0.4) is 0 Å². The fourth-order valence-corrected chi connectivity index (χ4v) is 3.34. The van der Waals surface area contributed by atoms with E-state index in [1.165, 1.54) is 71.1 Å². The summed E-state index contributed by atoms with van der Waals surface area (Å²) < 4.78 is 0. The molecule has 2 rings (SSSR count). The first-order chi connectivity index (χ1) is 8.90. The number of nitrogens with one attached hydrogen (secondary N) is 1. The first kappa shape index (κ1) is 14.1. The molecule has 1 atom stereocenters. The van der Waals surface area contributed by atoms with Gasteiger partial charge in [-0.2, -0.15) is 0 Å². The van der Waals surface area contributed by atoms with E-state index in [1.54, 1.807) is 0 Å². The summed E-state index contributed by atoms with van der Waals surface area (Å²) in [6.45, 7) is 7.30. The van der Waals surface area contributed by atoms with E-state index in [0.717, 1.165) is 5.92 Å². The molecule has 104 valence electrons. The molecule has 0 radical (unpaired) electrons. The summed E-state index contributed by atoms with van der Waals surface area (Å²) in [6.07, 6.45) is 14.5. The molecule has 0 aromatic carbocycles. The number of hydrogen-bond donors (Lipinski definition) is 1. The van der Waals surface area contributed by atoms with Gasteiger partial charge in [-0.05, 0) is 57.7 Å². The Morgan fingerprint density at radius 2 is 1.94 bits per heavy atom. The van der Waals surface area contributed by atoms with E-state index in [-0.39, 0.29) is 0 Å². The van der Waals surface area contributed by atoms with Gasteiger partial charge in [-0.3, -0.25) is 4.90 Å². The minimum atomic E-state index is 0.713. The Morgan fingerprint density at radius 1 is 1.11 bits per heavy atom. The molecule has 2 aliphatic rings. The Kier molecular flexibility index (Phi) is 6.22. The highest BCUT2D eigenvalue weighted by Crippen LogP contribution is 2.20. The van der Waals surface area contributed by atoms with Crippen LogP contribution in [0.2, 0.25) is 0 Å². The molecule has 18 heavy (non-hydrogen) atoms. The Labute approximate surface area is 113 Å². The van der Waals surface area contributed by atoms with Gasteiger partial charge in [0.05, 0.1) is 0 Å². The Balaban J connectivity index is 1.86. The standard InChI is InChI=1S/C16H30N2/c1-2-18(14-15-10-12-17-13-11-15)16-8-6-4-3-5-7-9-16/h6,8,15-17H,2-5,7,9-14H2,1H3/b8-6+. The van der Waals surface area contributed by atoms with E-state index in [2.05, 4.69) is 29.3 Å². The molecular weight excluding hydrogens is 220 g/mol. The summed E-state index contributed by atoms with van der Waals surface area (Å²) in [5.74, 6) is 0.921. The van der Waals surface area contributed by atoms with E-state index in [1.807, 2.05) is 0 Å². The van der Waals surface area contributed by atoms with Crippen LogP contribution in [-0.4, -0.2) is 37.1 Å². The molecule has 1 unspecified atom stereocenters. The molecule has 0 amide bonds. The topological polar surface area (TPSA) is 15.3 Å². The average Bonchev–Trinajstić information content (AvgIpc) is 2.37. The van der Waals surface area contributed by atoms with Crippen molar-refractivity contribution in [1.82, 2.24) is 10.2 Å². The van der Waals surface area contributed by atoms with E-state index in [9.17, 15) is 0 Å². The summed E-state index contributed by atoms with van der Waals surface area (Å²) >= 11 is 0. The summed E-state index contributed by atoms with van der Waals surface area (Å²) in [4.78, 5) is 2.72. The first-order valence-electron chi connectivity index (χ1n) is 8.01. The molecule has 1 aliphatic carbocycles. The molecule has 0 aromatic heterocycles. The quantitative estimate of drug-likeness (QED) is 0.771. The molecule has 1 fully saturated rings. The van der Waals surface area contributed by atoms with Gasteiger partial charge in [0.1, 0.15) is 0 Å². The lowest BCUT2D eigenvalue weighted by atomic mass is 9.95. The number of hydrogen-bond acceptors (Lipinski definition) is 2. The van der Waals surface area contributed by atoms with Crippen LogP contribution in [-0.2, 0) is 0 Å². The van der Waals surface area contributed by atoms with Gasteiger partial charge in [-0.25, -0.2) is 0 Å². The van der Waals surface area contributed by atoms with Crippen LogP contribution in [0, 0.1) is 5.92 Å². The first-order valence-corrected chi connectivity index (χ1v) is 8.01. The SMILES string of the molecule is CCN(CC1CCNCC1)C1/C=C/CCCCC1. The van der Waals surface area contributed by atoms with Gasteiger partial charge in [-0.1, -0.05) is 31.9 Å². The van der Waals surface area contributed by atoms with E-state index >= 15 is 0 Å². The molecule has 1 aliphatic heterocycles. The summed E-state index contributed by atoms with van der Waals surface area (Å²) in [6, 6.07) is 0.713. The maximum Gasteiger partial charge on any atom is 0.0278 e. The number of nitrogens with zero attached hydrogens (tertiary/aromatic N) is 1. The van der Waals surface area contributed by atoms with Crippen LogP contribution in [0.15, 0.2) is 12.2 Å². The van der Waals surface area contributed by atoms with Crippen molar-refractivity contribution in [3.63, 3.8) is 0 Å². The number of likely N-dealkylation sites (N-methyl/N-ethyl adjacent to an activating group) is 1. The van der Waals surface area contributed by atoms with Gasteiger partial charge in [0.2, 0.25) is 0 Å². The van der Waals surface area contributed by atoms with Crippen molar-refractivity contribution < 1.29 is 0 Å². The molecule has 1 heterocycles. The number of rotatable bonds is 4. The fraction of sp³-hybridized carbons (Fsp3) is 0.875. The zero-order valence-electron chi connectivity index (χ0n) is 12.0. The van der Waals surface area contributed by atoms with Gasteiger partial charge in [0.15, 0.2) is 0 Å². The third-order valence-corrected chi connectivity index (χ3v) is 4.56. The minimum absolute atomic E-state index is 0.713. The molecule has 0 saturated carbocycles. The van der Waals surface area contributed by atoms with E-state index < -0.39 is 0 Å². The van der Waals surface area contributed by atoms with Crippen LogP contribution < -0.4 is 5.32 Å². The smallest absolute Gasteiger partial charge is 0.0278 e. The molecular formula is C16H30N2. The van der Waals surface area contributed by atoms with Crippen LogP contribution in [0.4, 0.5) is 0 Å².